The summed E-state index contributed by atoms with van der Waals surface area (Å²) < 4.78 is 6.77. The second kappa shape index (κ2) is 5.46. The average molecular weight is 308 g/mol. The minimum Gasteiger partial charge on any atom is -0.462 e. The lowest BCUT2D eigenvalue weighted by atomic mass is 10.1. The smallest absolute Gasteiger partial charge is 0.344 e. The van der Waals surface area contributed by atoms with Crippen LogP contribution in [0, 0.1) is 0 Å². The van der Waals surface area contributed by atoms with Gasteiger partial charge in [-0.05, 0) is 38.0 Å². The van der Waals surface area contributed by atoms with E-state index in [1.807, 2.05) is 12.1 Å². The third-order valence-electron chi connectivity index (χ3n) is 3.93. The van der Waals surface area contributed by atoms with Gasteiger partial charge in [0.05, 0.1) is 6.61 Å². The molecule has 3 aromatic rings. The van der Waals surface area contributed by atoms with Crippen LogP contribution < -0.4 is 0 Å². The Balaban J connectivity index is 1.84. The number of nitrogens with zero attached hydrogens (tertiary/aromatic N) is 4. The summed E-state index contributed by atoms with van der Waals surface area (Å²) in [4.78, 5) is 21.1. The molecule has 0 N–H and O–H groups in total. The first kappa shape index (κ1) is 13.9. The predicted octanol–water partition coefficient (Wildman–Crippen LogP) is 2.85. The third-order valence-corrected chi connectivity index (χ3v) is 3.93. The second-order valence-corrected chi connectivity index (χ2v) is 5.58. The fourth-order valence-corrected chi connectivity index (χ4v) is 2.65. The molecule has 6 heteroatoms. The van der Waals surface area contributed by atoms with Crippen LogP contribution in [-0.4, -0.2) is 32.2 Å². The van der Waals surface area contributed by atoms with Crippen molar-refractivity contribution in [3.8, 4) is 11.3 Å². The van der Waals surface area contributed by atoms with Crippen molar-refractivity contribution in [1.29, 1.82) is 0 Å². The fourth-order valence-electron chi connectivity index (χ4n) is 2.65. The maximum absolute atomic E-state index is 12.4. The molecular formula is C17H16N4O2. The molecule has 3 aromatic heterocycles. The van der Waals surface area contributed by atoms with Crippen molar-refractivity contribution < 1.29 is 9.53 Å². The summed E-state index contributed by atoms with van der Waals surface area (Å²) in [6, 6.07) is 5.75. The van der Waals surface area contributed by atoms with Gasteiger partial charge in [0.25, 0.3) is 0 Å². The molecule has 4 rings (SSSR count). The Morgan fingerprint density at radius 1 is 1.35 bits per heavy atom. The van der Waals surface area contributed by atoms with Gasteiger partial charge in [-0.2, -0.15) is 5.10 Å². The standard InChI is InChI=1S/C17H16N4O2/c1-2-23-17(22)14-15(20-21-9-3-8-18-16(14)21)12-6-7-13(19-10-12)11-4-5-11/h3,6-11H,2,4-5H2,1H3. The van der Waals surface area contributed by atoms with E-state index in [2.05, 4.69) is 15.1 Å². The normalized spacial score (nSPS) is 14.1. The molecule has 0 radical (unpaired) electrons. The van der Waals surface area contributed by atoms with Crippen LogP contribution in [0.5, 0.6) is 0 Å². The molecule has 0 aromatic carbocycles. The van der Waals surface area contributed by atoms with E-state index in [0.29, 0.717) is 29.4 Å². The first-order chi connectivity index (χ1) is 11.3. The Kier molecular flexibility index (Phi) is 3.29. The molecule has 6 nitrogen and oxygen atoms in total. The van der Waals surface area contributed by atoms with Gasteiger partial charge in [-0.25, -0.2) is 14.3 Å². The van der Waals surface area contributed by atoms with Gasteiger partial charge in [0.2, 0.25) is 0 Å². The molecule has 116 valence electrons. The maximum Gasteiger partial charge on any atom is 0.344 e. The van der Waals surface area contributed by atoms with Crippen LogP contribution in [0.2, 0.25) is 0 Å². The van der Waals surface area contributed by atoms with Crippen LogP contribution >= 0.6 is 0 Å². The lowest BCUT2D eigenvalue weighted by Crippen LogP contribution is -2.06. The topological polar surface area (TPSA) is 69.4 Å². The van der Waals surface area contributed by atoms with Gasteiger partial charge >= 0.3 is 5.97 Å². The van der Waals surface area contributed by atoms with Crippen LogP contribution in [0.3, 0.4) is 0 Å². The first-order valence-corrected chi connectivity index (χ1v) is 7.74. The maximum atomic E-state index is 12.4. The molecule has 3 heterocycles. The van der Waals surface area contributed by atoms with E-state index >= 15 is 0 Å². The molecule has 0 atom stereocenters. The zero-order chi connectivity index (χ0) is 15.8. The Labute approximate surface area is 133 Å². The van der Waals surface area contributed by atoms with Crippen LogP contribution in [0.4, 0.5) is 0 Å². The quantitative estimate of drug-likeness (QED) is 0.693. The van der Waals surface area contributed by atoms with Crippen LogP contribution in [0.25, 0.3) is 16.9 Å². The number of carbonyl (C=O) groups is 1. The van der Waals surface area contributed by atoms with E-state index in [1.165, 1.54) is 12.8 Å². The Morgan fingerprint density at radius 2 is 2.22 bits per heavy atom. The van der Waals surface area contributed by atoms with Gasteiger partial charge in [-0.15, -0.1) is 0 Å². The van der Waals surface area contributed by atoms with Crippen molar-refractivity contribution in [2.24, 2.45) is 0 Å². The highest BCUT2D eigenvalue weighted by Gasteiger charge is 2.26. The number of hydrogen-bond acceptors (Lipinski definition) is 5. The summed E-state index contributed by atoms with van der Waals surface area (Å²) >= 11 is 0. The Morgan fingerprint density at radius 3 is 2.91 bits per heavy atom. The summed E-state index contributed by atoms with van der Waals surface area (Å²) in [5.74, 6) is 0.179. The van der Waals surface area contributed by atoms with Gasteiger partial charge in [0, 0.05) is 35.8 Å². The van der Waals surface area contributed by atoms with Crippen molar-refractivity contribution >= 4 is 11.6 Å². The minimum atomic E-state index is -0.414. The van der Waals surface area contributed by atoms with Crippen molar-refractivity contribution in [2.75, 3.05) is 6.61 Å². The molecule has 0 aliphatic heterocycles. The molecule has 0 unspecified atom stereocenters. The number of pyridine rings is 1. The molecular weight excluding hydrogens is 292 g/mol. The Bertz CT molecular complexity index is 866. The predicted molar refractivity (Wildman–Crippen MR) is 84.1 cm³/mol. The summed E-state index contributed by atoms with van der Waals surface area (Å²) in [6.45, 7) is 2.09. The van der Waals surface area contributed by atoms with Crippen molar-refractivity contribution in [2.45, 2.75) is 25.7 Å². The van der Waals surface area contributed by atoms with Gasteiger partial charge in [0.15, 0.2) is 5.65 Å². The number of aromatic nitrogens is 4. The van der Waals surface area contributed by atoms with Gasteiger partial charge in [0.1, 0.15) is 11.3 Å². The highest BCUT2D eigenvalue weighted by molar-refractivity contribution is 6.02. The van der Waals surface area contributed by atoms with Crippen LogP contribution in [0.15, 0.2) is 36.8 Å². The number of fused-ring (bicyclic) bond motifs is 1. The van der Waals surface area contributed by atoms with Gasteiger partial charge < -0.3 is 4.74 Å². The average Bonchev–Trinajstić information content (AvgIpc) is 3.35. The van der Waals surface area contributed by atoms with E-state index in [1.54, 1.807) is 36.1 Å². The SMILES string of the molecule is CCOC(=O)c1c(-c2ccc(C3CC3)nc2)nn2cccnc12. The van der Waals surface area contributed by atoms with Gasteiger partial charge in [-0.1, -0.05) is 0 Å². The van der Waals surface area contributed by atoms with Crippen LogP contribution in [-0.2, 0) is 4.74 Å². The monoisotopic (exact) mass is 308 g/mol. The number of ether oxygens (including phenoxy) is 1. The summed E-state index contributed by atoms with van der Waals surface area (Å²) in [7, 11) is 0. The van der Waals surface area contributed by atoms with Crippen molar-refractivity contribution in [3.63, 3.8) is 0 Å². The molecule has 0 amide bonds. The third kappa shape index (κ3) is 2.46. The molecule has 0 spiro atoms. The minimum absolute atomic E-state index is 0.307. The summed E-state index contributed by atoms with van der Waals surface area (Å²) in [5.41, 5.74) is 3.33. The molecule has 23 heavy (non-hydrogen) atoms. The van der Waals surface area contributed by atoms with E-state index in [-0.39, 0.29) is 0 Å². The van der Waals surface area contributed by atoms with E-state index in [0.717, 1.165) is 11.3 Å². The van der Waals surface area contributed by atoms with E-state index < -0.39 is 5.97 Å². The number of rotatable bonds is 4. The zero-order valence-corrected chi connectivity index (χ0v) is 12.8. The van der Waals surface area contributed by atoms with Crippen molar-refractivity contribution in [3.05, 3.63) is 48.0 Å². The molecule has 1 aliphatic rings. The molecule has 1 fully saturated rings. The fraction of sp³-hybridized carbons (Fsp3) is 0.294. The van der Waals surface area contributed by atoms with Crippen molar-refractivity contribution in [1.82, 2.24) is 19.6 Å². The lowest BCUT2D eigenvalue weighted by molar-refractivity contribution is 0.0529. The van der Waals surface area contributed by atoms with Gasteiger partial charge in [-0.3, -0.25) is 4.98 Å². The second-order valence-electron chi connectivity index (χ2n) is 5.58. The summed E-state index contributed by atoms with van der Waals surface area (Å²) in [6.07, 6.45) is 7.59. The summed E-state index contributed by atoms with van der Waals surface area (Å²) in [5, 5.41) is 4.49. The number of esters is 1. The lowest BCUT2D eigenvalue weighted by Gasteiger charge is -2.03. The highest BCUT2D eigenvalue weighted by atomic mass is 16.5. The largest absolute Gasteiger partial charge is 0.462 e. The first-order valence-electron chi connectivity index (χ1n) is 7.74. The molecule has 1 aliphatic carbocycles. The van der Waals surface area contributed by atoms with E-state index in [9.17, 15) is 4.79 Å². The van der Waals surface area contributed by atoms with Crippen LogP contribution in [0.1, 0.15) is 41.7 Å². The molecule has 0 saturated heterocycles. The highest BCUT2D eigenvalue weighted by Crippen LogP contribution is 2.39. The molecule has 0 bridgehead atoms. The molecule has 1 saturated carbocycles. The Hall–Kier alpha value is -2.76. The number of hydrogen-bond donors (Lipinski definition) is 0. The number of carbonyl (C=O) groups excluding carboxylic acids is 1. The zero-order valence-electron chi connectivity index (χ0n) is 12.8. The van der Waals surface area contributed by atoms with E-state index in [4.69, 9.17) is 4.74 Å².